The first-order valence-corrected chi connectivity index (χ1v) is 14.7. The van der Waals surface area contributed by atoms with E-state index in [0.29, 0.717) is 5.82 Å². The Morgan fingerprint density at radius 3 is 2.35 bits per heavy atom. The van der Waals surface area contributed by atoms with Gasteiger partial charge in [0.05, 0.1) is 5.32 Å². The summed E-state index contributed by atoms with van der Waals surface area (Å²) < 4.78 is 28.5. The fourth-order valence-corrected chi connectivity index (χ4v) is 5.91. The molecule has 6 nitrogen and oxygen atoms in total. The van der Waals surface area contributed by atoms with Gasteiger partial charge in [0.15, 0.2) is 0 Å². The van der Waals surface area contributed by atoms with E-state index in [0.717, 1.165) is 39.8 Å². The summed E-state index contributed by atoms with van der Waals surface area (Å²) in [4.78, 5) is 4.11. The minimum absolute atomic E-state index is 0.00794. The molecule has 3 N–H and O–H groups in total. The normalized spacial score (nSPS) is 14.7. The summed E-state index contributed by atoms with van der Waals surface area (Å²) >= 11 is 0. The molecule has 34 heavy (non-hydrogen) atoms. The maximum Gasteiger partial charge on any atom is 0.137 e. The zero-order chi connectivity index (χ0) is 24.7. The zero-order valence-electron chi connectivity index (χ0n) is 19.9. The molecule has 2 aromatic heterocycles. The van der Waals surface area contributed by atoms with Crippen molar-refractivity contribution in [2.75, 3.05) is 0 Å². The molecule has 9 heteroatoms. The van der Waals surface area contributed by atoms with Gasteiger partial charge in [0.25, 0.3) is 0 Å². The second-order valence-electron chi connectivity index (χ2n) is 9.82. The number of H-pyrrole nitrogens is 2. The quantitative estimate of drug-likeness (QED) is 0.338. The number of aryl methyl sites for hydroxylation is 1. The number of hydrogen-bond acceptors (Lipinski definition) is 4. The van der Waals surface area contributed by atoms with Crippen molar-refractivity contribution in [3.8, 4) is 11.1 Å². The van der Waals surface area contributed by atoms with Gasteiger partial charge in [-0.25, -0.2) is 13.8 Å². The molecular weight excluding hydrogens is 452 g/mol. The van der Waals surface area contributed by atoms with Crippen molar-refractivity contribution in [1.82, 2.24) is 25.4 Å². The molecule has 0 aliphatic carbocycles. The number of aromatic nitrogens is 5. The lowest BCUT2D eigenvalue weighted by molar-refractivity contribution is 0.00742. The highest BCUT2D eigenvalue weighted by atomic mass is 28.3. The molecule has 0 aliphatic heterocycles. The molecule has 4 aromatic rings. The molecule has 4 rings (SSSR count). The van der Waals surface area contributed by atoms with Gasteiger partial charge in [-0.1, -0.05) is 56.9 Å². The summed E-state index contributed by atoms with van der Waals surface area (Å²) in [5, 5.41) is 27.2. The van der Waals surface area contributed by atoms with E-state index in [1.54, 1.807) is 0 Å². The highest BCUT2D eigenvalue weighted by Crippen LogP contribution is 2.41. The van der Waals surface area contributed by atoms with Gasteiger partial charge in [-0.3, -0.25) is 10.2 Å². The first-order chi connectivity index (χ1) is 16.0. The lowest BCUT2D eigenvalue weighted by atomic mass is 9.75. The fraction of sp³-hybridized carbons (Fsp3) is 0.320. The molecule has 2 heterocycles. The molecule has 0 amide bonds. The van der Waals surface area contributed by atoms with Crippen molar-refractivity contribution in [1.29, 1.82) is 0 Å². The first kappa shape index (κ1) is 24.0. The van der Waals surface area contributed by atoms with Crippen molar-refractivity contribution < 1.29 is 13.9 Å². The Labute approximate surface area is 198 Å². The molecule has 0 saturated heterocycles. The van der Waals surface area contributed by atoms with Crippen molar-refractivity contribution in [2.45, 2.75) is 51.4 Å². The van der Waals surface area contributed by atoms with E-state index in [9.17, 15) is 13.9 Å². The predicted octanol–water partition coefficient (Wildman–Crippen LogP) is 4.56. The van der Waals surface area contributed by atoms with E-state index in [1.807, 2.05) is 38.1 Å². The van der Waals surface area contributed by atoms with Crippen LogP contribution in [0.15, 0.2) is 48.8 Å². The van der Waals surface area contributed by atoms with E-state index in [4.69, 9.17) is 0 Å². The number of nitrogens with one attached hydrogen (secondary N) is 2. The van der Waals surface area contributed by atoms with Crippen molar-refractivity contribution in [3.63, 3.8) is 0 Å². The number of aromatic amines is 2. The van der Waals surface area contributed by atoms with E-state index >= 15 is 0 Å². The summed E-state index contributed by atoms with van der Waals surface area (Å²) in [6.45, 7) is 10.6. The average molecular weight is 482 g/mol. The van der Waals surface area contributed by atoms with Crippen molar-refractivity contribution in [2.24, 2.45) is 0 Å². The average Bonchev–Trinajstić information content (AvgIpc) is 3.42. The Hall–Kier alpha value is -3.17. The summed E-state index contributed by atoms with van der Waals surface area (Å²) in [5.41, 5.74) is 2.28. The number of benzene rings is 2. The summed E-state index contributed by atoms with van der Waals surface area (Å²) in [6.07, 6.45) is 1.32. The Bertz CT molecular complexity index is 1280. The van der Waals surface area contributed by atoms with E-state index in [2.05, 4.69) is 45.0 Å². The maximum atomic E-state index is 14.8. The molecule has 0 unspecified atom stereocenters. The number of hydrogen-bond donors (Lipinski definition) is 3. The Kier molecular flexibility index (Phi) is 6.26. The minimum Gasteiger partial charge on any atom is -0.384 e. The standard InChI is InChI=1S/C25H29F2N5OSi/c1-15(17-6-8-18(9-7-17)23-16(2)30-32-24(23)34(3,4)5)25(33,13-22-28-14-29-31-22)20-11-10-19(26)12-21(20)27/h6-12,14-15,33H,13H2,1-5H3,(H,30,32)(H,28,29,31)/t15-,25+/m0/s1. The lowest BCUT2D eigenvalue weighted by Gasteiger charge is -2.35. The summed E-state index contributed by atoms with van der Waals surface area (Å²) in [7, 11) is -1.67. The molecule has 0 radical (unpaired) electrons. The number of rotatable bonds is 7. The molecular formula is C25H29F2N5OSi. The third-order valence-corrected chi connectivity index (χ3v) is 8.16. The highest BCUT2D eigenvalue weighted by Gasteiger charge is 2.40. The highest BCUT2D eigenvalue weighted by molar-refractivity contribution is 6.89. The monoisotopic (exact) mass is 481 g/mol. The lowest BCUT2D eigenvalue weighted by Crippen LogP contribution is -2.40. The molecule has 0 fully saturated rings. The van der Waals surface area contributed by atoms with E-state index < -0.39 is 31.2 Å². The molecule has 0 spiro atoms. The minimum atomic E-state index is -1.69. The molecule has 0 aliphatic rings. The van der Waals surface area contributed by atoms with Crippen LogP contribution in [0.3, 0.4) is 0 Å². The van der Waals surface area contributed by atoms with Crippen LogP contribution in [-0.4, -0.2) is 38.6 Å². The van der Waals surface area contributed by atoms with Crippen LogP contribution in [0.25, 0.3) is 11.1 Å². The van der Waals surface area contributed by atoms with Crippen molar-refractivity contribution >= 4 is 13.4 Å². The third-order valence-electron chi connectivity index (χ3n) is 6.37. The van der Waals surface area contributed by atoms with Crippen LogP contribution in [0.5, 0.6) is 0 Å². The molecule has 0 bridgehead atoms. The Balaban J connectivity index is 1.74. The SMILES string of the molecule is Cc1[nH]nc([Si](C)(C)C)c1-c1ccc([C@H](C)[C@](O)(Cc2ncn[nH]2)c2ccc(F)cc2F)cc1. The smallest absolute Gasteiger partial charge is 0.137 e. The van der Waals surface area contributed by atoms with Gasteiger partial charge in [0.1, 0.15) is 37.5 Å². The van der Waals surface area contributed by atoms with Crippen LogP contribution in [0, 0.1) is 18.6 Å². The number of aliphatic hydroxyl groups is 1. The maximum absolute atomic E-state index is 14.8. The zero-order valence-corrected chi connectivity index (χ0v) is 20.9. The van der Waals surface area contributed by atoms with E-state index in [1.165, 1.54) is 12.4 Å². The second kappa shape index (κ2) is 8.88. The number of halogens is 2. The van der Waals surface area contributed by atoms with Gasteiger partial charge in [-0.2, -0.15) is 10.2 Å². The fourth-order valence-electron chi connectivity index (χ4n) is 4.43. The number of nitrogens with zero attached hydrogens (tertiary/aromatic N) is 3. The summed E-state index contributed by atoms with van der Waals surface area (Å²) in [6, 6.07) is 11.1. The van der Waals surface area contributed by atoms with Gasteiger partial charge >= 0.3 is 0 Å². The van der Waals surface area contributed by atoms with E-state index in [-0.39, 0.29) is 12.0 Å². The van der Waals surface area contributed by atoms with Crippen LogP contribution in [-0.2, 0) is 12.0 Å². The molecule has 0 saturated carbocycles. The topological polar surface area (TPSA) is 90.5 Å². The second-order valence-corrected chi connectivity index (χ2v) is 14.8. The predicted molar refractivity (Wildman–Crippen MR) is 130 cm³/mol. The van der Waals surface area contributed by atoms with Crippen LogP contribution in [0.2, 0.25) is 19.6 Å². The van der Waals surface area contributed by atoms with Crippen molar-refractivity contribution in [3.05, 3.63) is 83.1 Å². The molecule has 178 valence electrons. The largest absolute Gasteiger partial charge is 0.384 e. The van der Waals surface area contributed by atoms with Gasteiger partial charge in [-0.05, 0) is 24.1 Å². The van der Waals surface area contributed by atoms with Crippen LogP contribution in [0.4, 0.5) is 8.78 Å². The van der Waals surface area contributed by atoms with Gasteiger partial charge in [0.2, 0.25) is 0 Å². The third kappa shape index (κ3) is 4.45. The Morgan fingerprint density at radius 1 is 1.06 bits per heavy atom. The van der Waals surface area contributed by atoms with Gasteiger partial charge in [0, 0.05) is 35.2 Å². The van der Waals surface area contributed by atoms with Gasteiger partial charge in [-0.15, -0.1) is 0 Å². The first-order valence-electron chi connectivity index (χ1n) is 11.2. The Morgan fingerprint density at radius 2 is 1.76 bits per heavy atom. The molecule has 2 atom stereocenters. The van der Waals surface area contributed by atoms with Crippen LogP contribution in [0.1, 0.15) is 35.5 Å². The van der Waals surface area contributed by atoms with Gasteiger partial charge < -0.3 is 5.11 Å². The molecule has 2 aromatic carbocycles. The van der Waals surface area contributed by atoms with Crippen LogP contribution >= 0.6 is 0 Å². The van der Waals surface area contributed by atoms with Crippen LogP contribution < -0.4 is 5.32 Å². The summed E-state index contributed by atoms with van der Waals surface area (Å²) in [5.74, 6) is -1.63.